The van der Waals surface area contributed by atoms with E-state index in [1.165, 1.54) is 12.8 Å². The predicted molar refractivity (Wildman–Crippen MR) is 302 cm³/mol. The van der Waals surface area contributed by atoms with E-state index in [4.69, 9.17) is 14.2 Å². The lowest BCUT2D eigenvalue weighted by Gasteiger charge is -2.18. The van der Waals surface area contributed by atoms with E-state index >= 15 is 0 Å². The summed E-state index contributed by atoms with van der Waals surface area (Å²) in [6.45, 7) is 6.27. The monoisotopic (exact) mass is 965 g/mol. The quantitative estimate of drug-likeness (QED) is 0.0262. The van der Waals surface area contributed by atoms with E-state index in [9.17, 15) is 14.4 Å². The van der Waals surface area contributed by atoms with Gasteiger partial charge < -0.3 is 14.2 Å². The molecule has 0 N–H and O–H groups in total. The molecule has 70 heavy (non-hydrogen) atoms. The number of unbranched alkanes of at least 4 members (excludes halogenated alkanes) is 13. The van der Waals surface area contributed by atoms with Crippen LogP contribution in [0.4, 0.5) is 0 Å². The van der Waals surface area contributed by atoms with Crippen molar-refractivity contribution in [1.82, 2.24) is 0 Å². The van der Waals surface area contributed by atoms with E-state index in [-0.39, 0.29) is 37.5 Å². The first-order chi connectivity index (χ1) is 34.5. The van der Waals surface area contributed by atoms with Crippen molar-refractivity contribution in [3.05, 3.63) is 146 Å². The van der Waals surface area contributed by atoms with Crippen molar-refractivity contribution in [3.8, 4) is 0 Å². The highest BCUT2D eigenvalue weighted by molar-refractivity contribution is 5.71. The van der Waals surface area contributed by atoms with Gasteiger partial charge in [0.2, 0.25) is 0 Å². The van der Waals surface area contributed by atoms with Crippen molar-refractivity contribution < 1.29 is 28.6 Å². The molecule has 0 saturated carbocycles. The molecule has 0 spiro atoms. The molecule has 0 aromatic carbocycles. The number of allylic oxidation sites excluding steroid dienone is 24. The Bertz CT molecular complexity index is 1580. The summed E-state index contributed by atoms with van der Waals surface area (Å²) in [5.41, 5.74) is 0. The second-order valence-electron chi connectivity index (χ2n) is 17.7. The molecule has 0 rings (SSSR count). The van der Waals surface area contributed by atoms with Gasteiger partial charge in [0, 0.05) is 19.3 Å². The summed E-state index contributed by atoms with van der Waals surface area (Å²) < 4.78 is 16.8. The molecule has 0 aliphatic carbocycles. The Balaban J connectivity index is 4.45. The van der Waals surface area contributed by atoms with Crippen LogP contribution < -0.4 is 0 Å². The molecule has 1 atom stereocenters. The fourth-order valence-corrected chi connectivity index (χ4v) is 6.94. The maximum Gasteiger partial charge on any atom is 0.306 e. The van der Waals surface area contributed by atoms with Gasteiger partial charge in [0.1, 0.15) is 13.2 Å². The van der Waals surface area contributed by atoms with Crippen molar-refractivity contribution in [2.24, 2.45) is 0 Å². The van der Waals surface area contributed by atoms with Crippen LogP contribution in [0.3, 0.4) is 0 Å². The molecule has 0 bridgehead atoms. The Kier molecular flexibility index (Phi) is 53.0. The van der Waals surface area contributed by atoms with Crippen LogP contribution in [-0.4, -0.2) is 37.2 Å². The molecule has 0 aliphatic rings. The molecule has 0 heterocycles. The topological polar surface area (TPSA) is 78.9 Å². The smallest absolute Gasteiger partial charge is 0.306 e. The van der Waals surface area contributed by atoms with Crippen LogP contribution in [0.1, 0.15) is 220 Å². The third-order valence-electron chi connectivity index (χ3n) is 11.0. The van der Waals surface area contributed by atoms with Crippen LogP contribution in [-0.2, 0) is 28.6 Å². The lowest BCUT2D eigenvalue weighted by Crippen LogP contribution is -2.30. The van der Waals surface area contributed by atoms with Crippen molar-refractivity contribution in [1.29, 1.82) is 0 Å². The number of hydrogen-bond acceptors (Lipinski definition) is 6. The number of hydrogen-bond donors (Lipinski definition) is 0. The predicted octanol–water partition coefficient (Wildman–Crippen LogP) is 18.8. The largest absolute Gasteiger partial charge is 0.462 e. The lowest BCUT2D eigenvalue weighted by molar-refractivity contribution is -0.167. The van der Waals surface area contributed by atoms with E-state index in [1.54, 1.807) is 0 Å². The fraction of sp³-hybridized carbons (Fsp3) is 0.578. The second kappa shape index (κ2) is 56.9. The van der Waals surface area contributed by atoms with Crippen LogP contribution in [0.5, 0.6) is 0 Å². The molecule has 0 aliphatic heterocycles. The van der Waals surface area contributed by atoms with Crippen LogP contribution in [0.2, 0.25) is 0 Å². The first kappa shape index (κ1) is 65.3. The Morgan fingerprint density at radius 1 is 0.300 bits per heavy atom. The summed E-state index contributed by atoms with van der Waals surface area (Å²) >= 11 is 0. The van der Waals surface area contributed by atoms with Gasteiger partial charge in [-0.1, -0.05) is 212 Å². The number of ether oxygens (including phenoxy) is 3. The highest BCUT2D eigenvalue weighted by atomic mass is 16.6. The molecule has 0 saturated heterocycles. The molecule has 0 amide bonds. The Hall–Kier alpha value is -4.71. The molecule has 6 nitrogen and oxygen atoms in total. The van der Waals surface area contributed by atoms with Gasteiger partial charge in [-0.2, -0.15) is 0 Å². The van der Waals surface area contributed by atoms with Crippen LogP contribution in [0, 0.1) is 0 Å². The summed E-state index contributed by atoms with van der Waals surface area (Å²) in [6.07, 6.45) is 81.3. The average molecular weight is 965 g/mol. The van der Waals surface area contributed by atoms with Gasteiger partial charge in [-0.05, 0) is 135 Å². The lowest BCUT2D eigenvalue weighted by atomic mass is 10.1. The van der Waals surface area contributed by atoms with Gasteiger partial charge in [-0.15, -0.1) is 0 Å². The number of carbonyl (C=O) groups is 3. The van der Waals surface area contributed by atoms with Crippen molar-refractivity contribution in [2.75, 3.05) is 13.2 Å². The molecular formula is C64H100O6. The van der Waals surface area contributed by atoms with Gasteiger partial charge in [0.25, 0.3) is 0 Å². The third kappa shape index (κ3) is 54.2. The minimum absolute atomic E-state index is 0.109. The standard InChI is InChI=1S/C64H100O6/c1-4-7-10-13-16-19-22-24-26-28-29-30-31-32-33-34-35-37-38-40-42-45-48-51-54-57-63(66)69-60-61(59-68-62(65)56-53-50-47-44-21-18-15-12-9-6-3)70-64(67)58-55-52-49-46-43-41-39-36-27-25-23-20-17-14-11-8-5-2/h7-8,10-12,15-17,19-20,24-27,29-30,32-33,35,37,39-42,61H,4-6,9,13-14,18,21-23,28,31,34,36,38,43-60H2,1-3H3/b10-7-,11-8-,15-12-,19-16-,20-17-,26-24-,27-25-,30-29-,33-32-,37-35-,41-39-,42-40-. The van der Waals surface area contributed by atoms with Crippen LogP contribution in [0.15, 0.2) is 146 Å². The maximum atomic E-state index is 12.8. The van der Waals surface area contributed by atoms with E-state index in [1.807, 2.05) is 0 Å². The van der Waals surface area contributed by atoms with Gasteiger partial charge >= 0.3 is 17.9 Å². The van der Waals surface area contributed by atoms with E-state index in [0.717, 1.165) is 167 Å². The van der Waals surface area contributed by atoms with Crippen LogP contribution >= 0.6 is 0 Å². The highest BCUT2D eigenvalue weighted by Crippen LogP contribution is 2.12. The summed E-state index contributed by atoms with van der Waals surface area (Å²) in [5, 5.41) is 0. The fourth-order valence-electron chi connectivity index (χ4n) is 6.94. The SMILES string of the molecule is CC/C=C\C/C=C\C/C=C\C/C=C\C/C=C\C/C=C\C/C=C\CCCCCC(=O)OCC(COC(=O)CCCCCCC/C=C\CCC)OC(=O)CCCCCC/C=C\C/C=C\C/C=C\C/C=C\CC. The number of rotatable bonds is 48. The molecule has 0 fully saturated rings. The van der Waals surface area contributed by atoms with Gasteiger partial charge in [-0.25, -0.2) is 0 Å². The molecule has 392 valence electrons. The molecule has 0 aromatic rings. The zero-order valence-electron chi connectivity index (χ0n) is 44.7. The normalized spacial score (nSPS) is 13.2. The van der Waals surface area contributed by atoms with E-state index in [0.29, 0.717) is 12.8 Å². The molecule has 1 unspecified atom stereocenters. The minimum atomic E-state index is -0.814. The minimum Gasteiger partial charge on any atom is -0.462 e. The van der Waals surface area contributed by atoms with E-state index in [2.05, 4.69) is 167 Å². The summed E-state index contributed by atoms with van der Waals surface area (Å²) in [4.78, 5) is 38.0. The molecular weight excluding hydrogens is 865 g/mol. The third-order valence-corrected chi connectivity index (χ3v) is 11.0. The zero-order valence-corrected chi connectivity index (χ0v) is 44.7. The van der Waals surface area contributed by atoms with Crippen molar-refractivity contribution >= 4 is 17.9 Å². The zero-order chi connectivity index (χ0) is 50.7. The van der Waals surface area contributed by atoms with Gasteiger partial charge in [0.05, 0.1) is 0 Å². The number of esters is 3. The summed E-state index contributed by atoms with van der Waals surface area (Å²) in [7, 11) is 0. The molecule has 6 heteroatoms. The first-order valence-corrected chi connectivity index (χ1v) is 27.8. The molecule has 0 aromatic heterocycles. The van der Waals surface area contributed by atoms with Gasteiger partial charge in [-0.3, -0.25) is 14.4 Å². The summed E-state index contributed by atoms with van der Waals surface area (Å²) in [6, 6.07) is 0. The molecule has 0 radical (unpaired) electrons. The number of carbonyl (C=O) groups excluding carboxylic acids is 3. The van der Waals surface area contributed by atoms with Crippen molar-refractivity contribution in [3.63, 3.8) is 0 Å². The Morgan fingerprint density at radius 3 is 0.900 bits per heavy atom. The van der Waals surface area contributed by atoms with E-state index < -0.39 is 6.10 Å². The Morgan fingerprint density at radius 2 is 0.557 bits per heavy atom. The first-order valence-electron chi connectivity index (χ1n) is 27.8. The Labute approximate surface area is 429 Å². The maximum absolute atomic E-state index is 12.8. The summed E-state index contributed by atoms with van der Waals surface area (Å²) in [5.74, 6) is -0.987. The van der Waals surface area contributed by atoms with Gasteiger partial charge in [0.15, 0.2) is 6.10 Å². The average Bonchev–Trinajstić information content (AvgIpc) is 3.36. The highest BCUT2D eigenvalue weighted by Gasteiger charge is 2.19. The van der Waals surface area contributed by atoms with Crippen molar-refractivity contribution in [2.45, 2.75) is 226 Å². The second-order valence-corrected chi connectivity index (χ2v) is 17.7. The van der Waals surface area contributed by atoms with Crippen LogP contribution in [0.25, 0.3) is 0 Å².